The number of halogens is 3. The Labute approximate surface area is 230 Å². The van der Waals surface area contributed by atoms with Crippen LogP contribution in [0.2, 0.25) is 0 Å². The zero-order chi connectivity index (χ0) is 30.7. The highest BCUT2D eigenvalue weighted by Crippen LogP contribution is 2.13. The van der Waals surface area contributed by atoms with Crippen LogP contribution in [0.15, 0.2) is 17.3 Å². The summed E-state index contributed by atoms with van der Waals surface area (Å²) >= 11 is 0. The average Bonchev–Trinajstić information content (AvgIpc) is 2.82. The number of unbranched alkanes of at least 4 members (excludes halogenated alkanes) is 1. The molecule has 0 saturated carbocycles. The van der Waals surface area contributed by atoms with Gasteiger partial charge in [0.05, 0.1) is 0 Å². The van der Waals surface area contributed by atoms with E-state index in [1.165, 1.54) is 19.8 Å². The summed E-state index contributed by atoms with van der Waals surface area (Å²) in [5.41, 5.74) is 6.26. The SMILES string of the molecule is C=C(C)NCCC[C@H](C)C(C)=O.CC(=O)[C@@H](C)CCCN.CC=NCC(F)(F)F.CCCC[C@H](C)C(C)=O. The van der Waals surface area contributed by atoms with Gasteiger partial charge in [0.25, 0.3) is 0 Å². The Morgan fingerprint density at radius 2 is 1.26 bits per heavy atom. The predicted octanol–water partition coefficient (Wildman–Crippen LogP) is 7.11. The lowest BCUT2D eigenvalue weighted by molar-refractivity contribution is -0.121. The van der Waals surface area contributed by atoms with Gasteiger partial charge in [-0.1, -0.05) is 47.1 Å². The molecule has 0 aliphatic carbocycles. The minimum absolute atomic E-state index is 0.202. The van der Waals surface area contributed by atoms with Gasteiger partial charge in [-0.05, 0) is 79.5 Å². The molecule has 0 rings (SSSR count). The van der Waals surface area contributed by atoms with Crippen LogP contribution in [0.3, 0.4) is 0 Å². The number of carbonyl (C=O) groups excluding carboxylic acids is 3. The third kappa shape index (κ3) is 41.1. The van der Waals surface area contributed by atoms with Crippen LogP contribution < -0.4 is 11.1 Å². The van der Waals surface area contributed by atoms with Crippen LogP contribution in [0.4, 0.5) is 13.2 Å². The maximum Gasteiger partial charge on any atom is 0.407 e. The number of aliphatic imine (C=N–C) groups is 1. The van der Waals surface area contributed by atoms with E-state index in [1.807, 2.05) is 27.7 Å². The number of nitrogens with one attached hydrogen (secondary N) is 1. The van der Waals surface area contributed by atoms with E-state index >= 15 is 0 Å². The molecule has 0 aliphatic heterocycles. The van der Waals surface area contributed by atoms with Crippen molar-refractivity contribution in [2.45, 2.75) is 113 Å². The van der Waals surface area contributed by atoms with Gasteiger partial charge in [-0.2, -0.15) is 13.2 Å². The first-order chi connectivity index (χ1) is 17.5. The molecule has 6 nitrogen and oxygen atoms in total. The summed E-state index contributed by atoms with van der Waals surface area (Å²) < 4.78 is 33.4. The topological polar surface area (TPSA) is 102 Å². The molecule has 0 aliphatic rings. The van der Waals surface area contributed by atoms with E-state index in [2.05, 4.69) is 23.8 Å². The van der Waals surface area contributed by atoms with E-state index in [9.17, 15) is 27.6 Å². The Bertz CT molecular complexity index is 627. The van der Waals surface area contributed by atoms with Crippen molar-refractivity contribution in [3.63, 3.8) is 0 Å². The van der Waals surface area contributed by atoms with Crippen molar-refractivity contribution in [1.82, 2.24) is 5.32 Å². The Balaban J connectivity index is -0.000000205. The van der Waals surface area contributed by atoms with E-state index in [1.54, 1.807) is 20.8 Å². The monoisotopic (exact) mass is 551 g/mol. The zero-order valence-corrected chi connectivity index (χ0v) is 25.5. The average molecular weight is 552 g/mol. The van der Waals surface area contributed by atoms with Crippen molar-refractivity contribution < 1.29 is 27.6 Å². The quantitative estimate of drug-likeness (QED) is 0.167. The second kappa shape index (κ2) is 28.0. The molecule has 0 bridgehead atoms. The lowest BCUT2D eigenvalue weighted by Crippen LogP contribution is -2.14. The molecular weight excluding hydrogens is 495 g/mol. The number of ketones is 3. The number of rotatable bonds is 15. The van der Waals surface area contributed by atoms with Crippen molar-refractivity contribution in [2.24, 2.45) is 28.5 Å². The summed E-state index contributed by atoms with van der Waals surface area (Å²) in [4.78, 5) is 35.1. The molecule has 0 aromatic heterocycles. The number of nitrogens with zero attached hydrogens (tertiary/aromatic N) is 1. The number of allylic oxidation sites excluding steroid dienone is 1. The van der Waals surface area contributed by atoms with Gasteiger partial charge >= 0.3 is 6.18 Å². The van der Waals surface area contributed by atoms with Gasteiger partial charge in [-0.15, -0.1) is 0 Å². The van der Waals surface area contributed by atoms with Crippen molar-refractivity contribution >= 4 is 23.6 Å². The van der Waals surface area contributed by atoms with E-state index in [0.29, 0.717) is 12.3 Å². The summed E-state index contributed by atoms with van der Waals surface area (Å²) in [5, 5.41) is 3.13. The van der Waals surface area contributed by atoms with E-state index in [-0.39, 0.29) is 29.3 Å². The minimum Gasteiger partial charge on any atom is -0.389 e. The molecule has 9 heteroatoms. The first kappa shape index (κ1) is 43.0. The van der Waals surface area contributed by atoms with Crippen LogP contribution in [0, 0.1) is 17.8 Å². The highest BCUT2D eigenvalue weighted by Gasteiger charge is 2.25. The molecule has 0 aromatic rings. The fourth-order valence-electron chi connectivity index (χ4n) is 2.45. The lowest BCUT2D eigenvalue weighted by Gasteiger charge is -2.08. The molecule has 3 N–H and O–H groups in total. The Hall–Kier alpha value is -2.03. The Morgan fingerprint density at radius 1 is 0.868 bits per heavy atom. The number of hydrogen-bond acceptors (Lipinski definition) is 6. The van der Waals surface area contributed by atoms with Crippen molar-refractivity contribution in [3.05, 3.63) is 12.3 Å². The largest absolute Gasteiger partial charge is 0.407 e. The van der Waals surface area contributed by atoms with Crippen LogP contribution in [0.25, 0.3) is 0 Å². The zero-order valence-electron chi connectivity index (χ0n) is 25.5. The number of Topliss-reactive ketones (excluding diaryl/α,β-unsaturated/α-hetero) is 3. The van der Waals surface area contributed by atoms with Crippen molar-refractivity contribution in [1.29, 1.82) is 0 Å². The van der Waals surface area contributed by atoms with Gasteiger partial charge in [0.1, 0.15) is 23.9 Å². The molecule has 0 fully saturated rings. The van der Waals surface area contributed by atoms with Crippen molar-refractivity contribution in [3.8, 4) is 0 Å². The highest BCUT2D eigenvalue weighted by atomic mass is 19.4. The molecule has 0 radical (unpaired) electrons. The molecule has 0 aromatic carbocycles. The van der Waals surface area contributed by atoms with Gasteiger partial charge < -0.3 is 11.1 Å². The first-order valence-corrected chi connectivity index (χ1v) is 13.6. The molecule has 0 amide bonds. The van der Waals surface area contributed by atoms with Crippen molar-refractivity contribution in [2.75, 3.05) is 19.6 Å². The van der Waals surface area contributed by atoms with E-state index in [4.69, 9.17) is 5.73 Å². The van der Waals surface area contributed by atoms with Gasteiger partial charge in [0.15, 0.2) is 0 Å². The molecule has 38 heavy (non-hydrogen) atoms. The maximum atomic E-state index is 11.1. The van der Waals surface area contributed by atoms with Crippen LogP contribution >= 0.6 is 0 Å². The number of hydrogen-bond donors (Lipinski definition) is 2. The van der Waals surface area contributed by atoms with Crippen LogP contribution in [0.5, 0.6) is 0 Å². The Morgan fingerprint density at radius 3 is 1.53 bits per heavy atom. The summed E-state index contributed by atoms with van der Waals surface area (Å²) in [5.74, 6) is 1.56. The summed E-state index contributed by atoms with van der Waals surface area (Å²) in [7, 11) is 0. The third-order valence-corrected chi connectivity index (χ3v) is 5.61. The van der Waals surface area contributed by atoms with Crippen LogP contribution in [0.1, 0.15) is 107 Å². The van der Waals surface area contributed by atoms with Crippen LogP contribution in [-0.2, 0) is 14.4 Å². The normalized spacial score (nSPS) is 12.9. The minimum atomic E-state index is -4.15. The summed E-state index contributed by atoms with van der Waals surface area (Å²) in [6, 6.07) is 0. The smallest absolute Gasteiger partial charge is 0.389 e. The fourth-order valence-corrected chi connectivity index (χ4v) is 2.45. The fraction of sp³-hybridized carbons (Fsp3) is 0.793. The molecule has 3 atom stereocenters. The molecular formula is C29H56F3N3O3. The number of nitrogens with two attached hydrogens (primary N) is 1. The van der Waals surface area contributed by atoms with Gasteiger partial charge in [0.2, 0.25) is 0 Å². The summed E-state index contributed by atoms with van der Waals surface area (Å²) in [6.45, 7) is 20.7. The highest BCUT2D eigenvalue weighted by molar-refractivity contribution is 5.78. The molecule has 0 saturated heterocycles. The molecule has 0 spiro atoms. The van der Waals surface area contributed by atoms with Gasteiger partial charge in [-0.3, -0.25) is 19.4 Å². The molecule has 0 unspecified atom stereocenters. The number of carbonyl (C=O) groups is 3. The second-order valence-electron chi connectivity index (χ2n) is 9.67. The third-order valence-electron chi connectivity index (χ3n) is 5.61. The maximum absolute atomic E-state index is 11.1. The second-order valence-corrected chi connectivity index (χ2v) is 9.67. The first-order valence-electron chi connectivity index (χ1n) is 13.6. The van der Waals surface area contributed by atoms with Gasteiger partial charge in [0, 0.05) is 30.0 Å². The molecule has 226 valence electrons. The Kier molecular flexibility index (Phi) is 31.7. The van der Waals surface area contributed by atoms with Crippen LogP contribution in [-0.4, -0.2) is 49.4 Å². The standard InChI is InChI=1S/C10H19NO.C8H16O.C7H15NO.C4H6F3N/c1-8(2)11-7-5-6-9(3)10(4)12;1-4-5-6-7(2)8(3)9;1-6(7(2)9)4-3-5-8;1-2-8-3-4(5,6)7/h9,11H,1,5-7H2,2-4H3;7H,4-6H2,1-3H3;6H,3-5,8H2,1-2H3;2H,3H2,1H3/t9-;7-;6-;/m000./s1. The van der Waals surface area contributed by atoms with Gasteiger partial charge in [-0.25, -0.2) is 0 Å². The van der Waals surface area contributed by atoms with E-state index < -0.39 is 12.7 Å². The molecule has 0 heterocycles. The predicted molar refractivity (Wildman–Crippen MR) is 154 cm³/mol. The van der Waals surface area contributed by atoms with E-state index in [0.717, 1.165) is 50.6 Å². The lowest BCUT2D eigenvalue weighted by atomic mass is 10.0. The number of alkyl halides is 3. The summed E-state index contributed by atoms with van der Waals surface area (Å²) in [6.07, 6.45) is 4.32.